The van der Waals surface area contributed by atoms with Crippen molar-refractivity contribution in [1.82, 2.24) is 15.6 Å². The topological polar surface area (TPSA) is 67.2 Å². The molecule has 1 fully saturated rings. The lowest BCUT2D eigenvalue weighted by Crippen LogP contribution is -2.35. The number of nitrogens with one attached hydrogen (secondary N) is 2. The summed E-state index contributed by atoms with van der Waals surface area (Å²) in [4.78, 5) is 15.8. The van der Waals surface area contributed by atoms with E-state index in [1.165, 1.54) is 19.3 Å². The van der Waals surface area contributed by atoms with Gasteiger partial charge in [-0.2, -0.15) is 0 Å². The molecule has 1 aromatic heterocycles. The molecule has 0 bridgehead atoms. The molecule has 2 N–H and O–H groups in total. The Balaban J connectivity index is 1.63. The highest BCUT2D eigenvalue weighted by Crippen LogP contribution is 2.11. The maximum Gasteiger partial charge on any atom is 0.220 e. The van der Waals surface area contributed by atoms with Gasteiger partial charge in [0.1, 0.15) is 5.76 Å². The fourth-order valence-corrected chi connectivity index (χ4v) is 2.33. The third-order valence-electron chi connectivity index (χ3n) is 3.52. The highest BCUT2D eigenvalue weighted by Gasteiger charge is 2.14. The zero-order chi connectivity index (χ0) is 13.5. The molecule has 5 nitrogen and oxygen atoms in total. The average molecular weight is 265 g/mol. The van der Waals surface area contributed by atoms with Crippen LogP contribution in [0.2, 0.25) is 0 Å². The highest BCUT2D eigenvalue weighted by molar-refractivity contribution is 5.75. The van der Waals surface area contributed by atoms with E-state index in [0.717, 1.165) is 25.1 Å². The standard InChI is InChI=1S/C14H23N3O2/c1-2-12-9-17-14(19-12)10-16-13(18)7-6-11-5-3-4-8-15-11/h9,11,15H,2-8,10H2,1H3,(H,16,18). The van der Waals surface area contributed by atoms with Crippen molar-refractivity contribution in [3.8, 4) is 0 Å². The summed E-state index contributed by atoms with van der Waals surface area (Å²) >= 11 is 0. The Bertz CT molecular complexity index is 397. The number of nitrogens with zero attached hydrogens (tertiary/aromatic N) is 1. The van der Waals surface area contributed by atoms with Gasteiger partial charge in [-0.05, 0) is 25.8 Å². The molecule has 2 heterocycles. The molecule has 0 spiro atoms. The van der Waals surface area contributed by atoms with Gasteiger partial charge in [-0.3, -0.25) is 4.79 Å². The molecular formula is C14H23N3O2. The van der Waals surface area contributed by atoms with Crippen molar-refractivity contribution in [2.45, 2.75) is 58.0 Å². The minimum absolute atomic E-state index is 0.0728. The summed E-state index contributed by atoms with van der Waals surface area (Å²) < 4.78 is 5.44. The van der Waals surface area contributed by atoms with Crippen LogP contribution in [0.5, 0.6) is 0 Å². The van der Waals surface area contributed by atoms with E-state index < -0.39 is 0 Å². The number of aromatic nitrogens is 1. The SMILES string of the molecule is CCc1cnc(CNC(=O)CCC2CCCCN2)o1. The molecule has 1 atom stereocenters. The van der Waals surface area contributed by atoms with Crippen molar-refractivity contribution in [1.29, 1.82) is 0 Å². The first-order chi connectivity index (χ1) is 9.28. The predicted molar refractivity (Wildman–Crippen MR) is 72.6 cm³/mol. The van der Waals surface area contributed by atoms with E-state index in [0.29, 0.717) is 24.9 Å². The minimum Gasteiger partial charge on any atom is -0.444 e. The largest absolute Gasteiger partial charge is 0.444 e. The van der Waals surface area contributed by atoms with E-state index in [1.54, 1.807) is 6.20 Å². The first-order valence-corrected chi connectivity index (χ1v) is 7.21. The third-order valence-corrected chi connectivity index (χ3v) is 3.52. The Morgan fingerprint density at radius 3 is 3.16 bits per heavy atom. The van der Waals surface area contributed by atoms with E-state index in [4.69, 9.17) is 4.42 Å². The van der Waals surface area contributed by atoms with Crippen LogP contribution in [0, 0.1) is 0 Å². The van der Waals surface area contributed by atoms with Gasteiger partial charge in [-0.15, -0.1) is 0 Å². The number of rotatable bonds is 6. The maximum absolute atomic E-state index is 11.7. The zero-order valence-electron chi connectivity index (χ0n) is 11.6. The Labute approximate surface area is 114 Å². The molecule has 1 unspecified atom stereocenters. The Kier molecular flexibility index (Phi) is 5.39. The molecule has 106 valence electrons. The van der Waals surface area contributed by atoms with Crippen LogP contribution in [-0.2, 0) is 17.8 Å². The van der Waals surface area contributed by atoms with Gasteiger partial charge in [0.15, 0.2) is 0 Å². The van der Waals surface area contributed by atoms with E-state index in [1.807, 2.05) is 6.92 Å². The van der Waals surface area contributed by atoms with E-state index in [2.05, 4.69) is 15.6 Å². The van der Waals surface area contributed by atoms with Crippen molar-refractivity contribution in [3.05, 3.63) is 17.8 Å². The lowest BCUT2D eigenvalue weighted by Gasteiger charge is -2.22. The molecule has 1 aliphatic rings. The van der Waals surface area contributed by atoms with Gasteiger partial charge in [-0.25, -0.2) is 4.98 Å². The third kappa shape index (κ3) is 4.67. The monoisotopic (exact) mass is 265 g/mol. The van der Waals surface area contributed by atoms with Crippen LogP contribution in [0.4, 0.5) is 0 Å². The molecule has 5 heteroatoms. The second-order valence-electron chi connectivity index (χ2n) is 5.04. The van der Waals surface area contributed by atoms with Crippen LogP contribution < -0.4 is 10.6 Å². The van der Waals surface area contributed by atoms with E-state index in [-0.39, 0.29) is 5.91 Å². The summed E-state index contributed by atoms with van der Waals surface area (Å²) in [5.41, 5.74) is 0. The Hall–Kier alpha value is -1.36. The number of aryl methyl sites for hydroxylation is 1. The molecule has 1 amide bonds. The van der Waals surface area contributed by atoms with E-state index >= 15 is 0 Å². The van der Waals surface area contributed by atoms with Crippen molar-refractivity contribution < 1.29 is 9.21 Å². The van der Waals surface area contributed by atoms with Gasteiger partial charge >= 0.3 is 0 Å². The lowest BCUT2D eigenvalue weighted by atomic mass is 10.0. The first-order valence-electron chi connectivity index (χ1n) is 7.21. The summed E-state index contributed by atoms with van der Waals surface area (Å²) in [6.45, 7) is 3.49. The van der Waals surface area contributed by atoms with Crippen molar-refractivity contribution in [2.24, 2.45) is 0 Å². The van der Waals surface area contributed by atoms with Crippen LogP contribution in [-0.4, -0.2) is 23.5 Å². The first kappa shape index (κ1) is 14.1. The molecule has 0 aliphatic carbocycles. The van der Waals surface area contributed by atoms with Crippen molar-refractivity contribution in [3.63, 3.8) is 0 Å². The van der Waals surface area contributed by atoms with Gasteiger partial charge in [0.05, 0.1) is 12.7 Å². The normalized spacial score (nSPS) is 19.3. The summed E-state index contributed by atoms with van der Waals surface area (Å²) in [5.74, 6) is 1.51. The molecule has 1 aromatic rings. The zero-order valence-corrected chi connectivity index (χ0v) is 11.6. The van der Waals surface area contributed by atoms with Crippen LogP contribution in [0.25, 0.3) is 0 Å². The molecule has 1 saturated heterocycles. The van der Waals surface area contributed by atoms with Crippen LogP contribution in [0.1, 0.15) is 50.7 Å². The fraction of sp³-hybridized carbons (Fsp3) is 0.714. The van der Waals surface area contributed by atoms with Crippen LogP contribution >= 0.6 is 0 Å². The van der Waals surface area contributed by atoms with Gasteiger partial charge in [0, 0.05) is 18.9 Å². The van der Waals surface area contributed by atoms with Crippen molar-refractivity contribution >= 4 is 5.91 Å². The molecule has 0 aromatic carbocycles. The summed E-state index contributed by atoms with van der Waals surface area (Å²) in [7, 11) is 0. The summed E-state index contributed by atoms with van der Waals surface area (Å²) in [6, 6.07) is 0.507. The molecule has 2 rings (SSSR count). The Morgan fingerprint density at radius 2 is 2.47 bits per heavy atom. The Morgan fingerprint density at radius 1 is 1.58 bits per heavy atom. The van der Waals surface area contributed by atoms with E-state index in [9.17, 15) is 4.79 Å². The molecular weight excluding hydrogens is 242 g/mol. The van der Waals surface area contributed by atoms with Gasteiger partial charge in [0.2, 0.25) is 11.8 Å². The second-order valence-corrected chi connectivity index (χ2v) is 5.04. The molecule has 19 heavy (non-hydrogen) atoms. The van der Waals surface area contributed by atoms with Gasteiger partial charge < -0.3 is 15.1 Å². The number of carbonyl (C=O) groups is 1. The van der Waals surface area contributed by atoms with Crippen LogP contribution in [0.15, 0.2) is 10.6 Å². The number of carbonyl (C=O) groups excluding carboxylic acids is 1. The number of oxazole rings is 1. The highest BCUT2D eigenvalue weighted by atomic mass is 16.4. The molecule has 0 saturated carbocycles. The maximum atomic E-state index is 11.7. The summed E-state index contributed by atoms with van der Waals surface area (Å²) in [5, 5.41) is 6.30. The average Bonchev–Trinajstić information content (AvgIpc) is 2.92. The number of hydrogen-bond donors (Lipinski definition) is 2. The number of piperidine rings is 1. The van der Waals surface area contributed by atoms with Gasteiger partial charge in [-0.1, -0.05) is 13.3 Å². The smallest absolute Gasteiger partial charge is 0.220 e. The second kappa shape index (κ2) is 7.28. The number of amides is 1. The molecule has 1 aliphatic heterocycles. The summed E-state index contributed by atoms with van der Waals surface area (Å²) in [6.07, 6.45) is 7.74. The predicted octanol–water partition coefficient (Wildman–Crippen LogP) is 1.78. The quantitative estimate of drug-likeness (QED) is 0.822. The molecule has 0 radical (unpaired) electrons. The fourth-order valence-electron chi connectivity index (χ4n) is 2.33. The van der Waals surface area contributed by atoms with Crippen molar-refractivity contribution in [2.75, 3.05) is 6.54 Å². The minimum atomic E-state index is 0.0728. The van der Waals surface area contributed by atoms with Gasteiger partial charge in [0.25, 0.3) is 0 Å². The lowest BCUT2D eigenvalue weighted by molar-refractivity contribution is -0.121. The van der Waals surface area contributed by atoms with Crippen LogP contribution in [0.3, 0.4) is 0 Å². The number of hydrogen-bond acceptors (Lipinski definition) is 4.